The summed E-state index contributed by atoms with van der Waals surface area (Å²) in [5.74, 6) is 0. The van der Waals surface area contributed by atoms with Crippen molar-refractivity contribution in [1.82, 2.24) is 16.0 Å². The molecule has 0 aromatic heterocycles. The predicted octanol–water partition coefficient (Wildman–Crippen LogP) is 0.185. The van der Waals surface area contributed by atoms with E-state index in [2.05, 4.69) is 34.2 Å². The molecule has 0 bridgehead atoms. The van der Waals surface area contributed by atoms with Crippen molar-refractivity contribution in [2.45, 2.75) is 12.1 Å². The lowest BCUT2D eigenvalue weighted by Crippen LogP contribution is -2.53. The highest BCUT2D eigenvalue weighted by atomic mass is 15.2. The van der Waals surface area contributed by atoms with E-state index in [0.717, 1.165) is 12.1 Å². The maximum absolute atomic E-state index is 3.25. The predicted molar refractivity (Wildman–Crippen MR) is 51.8 cm³/mol. The molecule has 0 saturated carbocycles. The number of likely N-dealkylation sites (N-methyl/N-ethyl adjacent to an activating group) is 3. The molecular weight excluding hydrogens is 150 g/mol. The van der Waals surface area contributed by atoms with Crippen LogP contribution >= 0.6 is 0 Å². The van der Waals surface area contributed by atoms with Crippen molar-refractivity contribution in [2.75, 3.05) is 21.1 Å². The summed E-state index contributed by atoms with van der Waals surface area (Å²) in [6.45, 7) is 0. The van der Waals surface area contributed by atoms with Gasteiger partial charge in [-0.25, -0.2) is 0 Å². The van der Waals surface area contributed by atoms with Gasteiger partial charge in [-0.3, -0.25) is 10.6 Å². The van der Waals surface area contributed by atoms with Gasteiger partial charge in [0.1, 0.15) is 0 Å². The molecule has 3 nitrogen and oxygen atoms in total. The molecule has 0 spiro atoms. The Kier molecular flexibility index (Phi) is 2.89. The molecule has 0 heterocycles. The van der Waals surface area contributed by atoms with E-state index in [1.165, 1.54) is 0 Å². The minimum atomic E-state index is -0.0763. The van der Waals surface area contributed by atoms with E-state index in [-0.39, 0.29) is 5.66 Å². The maximum Gasteiger partial charge on any atom is 0.0932 e. The Bertz CT molecular complexity index is 202. The average Bonchev–Trinajstić information content (AvgIpc) is 2.18. The van der Waals surface area contributed by atoms with Crippen LogP contribution in [0, 0.1) is 0 Å². The summed E-state index contributed by atoms with van der Waals surface area (Å²) in [6.07, 6.45) is 7.38. The summed E-state index contributed by atoms with van der Waals surface area (Å²) < 4.78 is 0. The molecule has 1 aliphatic carbocycles. The van der Waals surface area contributed by atoms with Crippen molar-refractivity contribution in [1.29, 1.82) is 0 Å². The molecule has 3 N–H and O–H groups in total. The fourth-order valence-corrected chi connectivity index (χ4v) is 1.37. The van der Waals surface area contributed by atoms with E-state index in [4.69, 9.17) is 0 Å². The minimum Gasteiger partial charge on any atom is -0.388 e. The third-order valence-corrected chi connectivity index (χ3v) is 2.32. The molecule has 0 aromatic carbocycles. The van der Waals surface area contributed by atoms with Crippen LogP contribution in [0.3, 0.4) is 0 Å². The first-order chi connectivity index (χ1) is 5.76. The molecule has 0 atom stereocenters. The third kappa shape index (κ3) is 1.68. The fraction of sp³-hybridized carbons (Fsp3) is 0.556. The Labute approximate surface area is 73.9 Å². The first-order valence-corrected chi connectivity index (χ1v) is 4.21. The van der Waals surface area contributed by atoms with E-state index in [9.17, 15) is 0 Å². The highest BCUT2D eigenvalue weighted by Crippen LogP contribution is 2.16. The fourth-order valence-electron chi connectivity index (χ4n) is 1.37. The van der Waals surface area contributed by atoms with Gasteiger partial charge >= 0.3 is 0 Å². The van der Waals surface area contributed by atoms with Crippen LogP contribution in [0.15, 0.2) is 23.9 Å². The number of rotatable bonds is 3. The van der Waals surface area contributed by atoms with Gasteiger partial charge < -0.3 is 5.32 Å². The van der Waals surface area contributed by atoms with Crippen molar-refractivity contribution in [3.63, 3.8) is 0 Å². The second-order valence-corrected chi connectivity index (χ2v) is 2.93. The smallest absolute Gasteiger partial charge is 0.0932 e. The van der Waals surface area contributed by atoms with Crippen LogP contribution in [0.4, 0.5) is 0 Å². The Morgan fingerprint density at radius 3 is 2.42 bits per heavy atom. The Hall–Kier alpha value is -0.800. The van der Waals surface area contributed by atoms with Gasteiger partial charge in [-0.05, 0) is 26.2 Å². The maximum atomic E-state index is 3.25. The zero-order valence-corrected chi connectivity index (χ0v) is 7.94. The van der Waals surface area contributed by atoms with Crippen LogP contribution in [-0.4, -0.2) is 26.8 Å². The Morgan fingerprint density at radius 2 is 1.92 bits per heavy atom. The number of allylic oxidation sites excluding steroid dienone is 1. The molecule has 12 heavy (non-hydrogen) atoms. The van der Waals surface area contributed by atoms with Crippen molar-refractivity contribution in [2.24, 2.45) is 0 Å². The summed E-state index contributed by atoms with van der Waals surface area (Å²) >= 11 is 0. The van der Waals surface area contributed by atoms with Crippen molar-refractivity contribution in [3.8, 4) is 0 Å². The largest absolute Gasteiger partial charge is 0.388 e. The third-order valence-electron chi connectivity index (χ3n) is 2.32. The first kappa shape index (κ1) is 9.29. The molecule has 68 valence electrons. The van der Waals surface area contributed by atoms with Crippen LogP contribution in [0.2, 0.25) is 0 Å². The molecular formula is C9H17N3. The Balaban J connectivity index is 2.80. The van der Waals surface area contributed by atoms with E-state index in [1.807, 2.05) is 21.1 Å². The topological polar surface area (TPSA) is 36.1 Å². The molecule has 0 fully saturated rings. The number of nitrogens with one attached hydrogen (secondary N) is 3. The lowest BCUT2D eigenvalue weighted by atomic mass is 9.99. The summed E-state index contributed by atoms with van der Waals surface area (Å²) in [4.78, 5) is 0. The Morgan fingerprint density at radius 1 is 1.25 bits per heavy atom. The van der Waals surface area contributed by atoms with E-state index < -0.39 is 0 Å². The van der Waals surface area contributed by atoms with Crippen LogP contribution in [0.1, 0.15) is 6.42 Å². The van der Waals surface area contributed by atoms with Gasteiger partial charge in [0, 0.05) is 19.2 Å². The number of hydrogen-bond donors (Lipinski definition) is 3. The average molecular weight is 167 g/mol. The highest BCUT2D eigenvalue weighted by Gasteiger charge is 2.23. The van der Waals surface area contributed by atoms with Gasteiger partial charge in [-0.2, -0.15) is 0 Å². The lowest BCUT2D eigenvalue weighted by molar-refractivity contribution is 0.373. The van der Waals surface area contributed by atoms with Crippen LogP contribution in [0.5, 0.6) is 0 Å². The molecule has 3 heteroatoms. The molecule has 0 saturated heterocycles. The zero-order valence-electron chi connectivity index (χ0n) is 7.94. The minimum absolute atomic E-state index is 0.0763. The highest BCUT2D eigenvalue weighted by molar-refractivity contribution is 5.27. The van der Waals surface area contributed by atoms with Crippen LogP contribution in [0.25, 0.3) is 0 Å². The van der Waals surface area contributed by atoms with Gasteiger partial charge in [0.2, 0.25) is 0 Å². The van der Waals surface area contributed by atoms with E-state index in [0.29, 0.717) is 0 Å². The summed E-state index contributed by atoms with van der Waals surface area (Å²) in [7, 11) is 5.84. The lowest BCUT2D eigenvalue weighted by Gasteiger charge is -2.32. The molecule has 0 unspecified atom stereocenters. The second kappa shape index (κ2) is 3.74. The van der Waals surface area contributed by atoms with Crippen LogP contribution < -0.4 is 16.0 Å². The van der Waals surface area contributed by atoms with Gasteiger partial charge in [0.05, 0.1) is 5.66 Å². The normalized spacial score (nSPS) is 20.4. The zero-order chi connectivity index (χ0) is 9.03. The molecule has 1 rings (SSSR count). The van der Waals surface area contributed by atoms with Crippen molar-refractivity contribution < 1.29 is 0 Å². The standard InChI is InChI=1S/C9H17N3/c1-10-8-5-4-6-9(7-8,11-2)12-3/h4-5,7,10-12H,6H2,1-3H3. The molecule has 0 amide bonds. The van der Waals surface area contributed by atoms with Gasteiger partial charge in [0.25, 0.3) is 0 Å². The van der Waals surface area contributed by atoms with Gasteiger partial charge in [-0.1, -0.05) is 6.08 Å². The summed E-state index contributed by atoms with van der Waals surface area (Å²) in [6, 6.07) is 0. The first-order valence-electron chi connectivity index (χ1n) is 4.21. The molecule has 0 aromatic rings. The van der Waals surface area contributed by atoms with Gasteiger partial charge in [-0.15, -0.1) is 0 Å². The van der Waals surface area contributed by atoms with E-state index >= 15 is 0 Å². The SMILES string of the molecule is CNC1=CC(NC)(NC)CC=C1. The van der Waals surface area contributed by atoms with Gasteiger partial charge in [0.15, 0.2) is 0 Å². The quantitative estimate of drug-likeness (QED) is 0.525. The molecule has 0 aliphatic heterocycles. The number of hydrogen-bond acceptors (Lipinski definition) is 3. The monoisotopic (exact) mass is 167 g/mol. The molecule has 1 aliphatic rings. The second-order valence-electron chi connectivity index (χ2n) is 2.93. The van der Waals surface area contributed by atoms with Crippen molar-refractivity contribution >= 4 is 0 Å². The van der Waals surface area contributed by atoms with Crippen LogP contribution in [-0.2, 0) is 0 Å². The van der Waals surface area contributed by atoms with E-state index in [1.54, 1.807) is 0 Å². The summed E-state index contributed by atoms with van der Waals surface area (Å²) in [5.41, 5.74) is 1.07. The summed E-state index contributed by atoms with van der Waals surface area (Å²) in [5, 5.41) is 9.63. The molecule has 0 radical (unpaired) electrons. The van der Waals surface area contributed by atoms with Crippen molar-refractivity contribution in [3.05, 3.63) is 23.9 Å².